The second kappa shape index (κ2) is 5.68. The highest BCUT2D eigenvalue weighted by molar-refractivity contribution is 5.98. The van der Waals surface area contributed by atoms with Crippen molar-refractivity contribution in [3.63, 3.8) is 0 Å². The molecule has 1 aliphatic heterocycles. The Morgan fingerprint density at radius 1 is 0.944 bits per heavy atom. The van der Waals surface area contributed by atoms with Gasteiger partial charge >= 0.3 is 11.9 Å². The highest BCUT2D eigenvalue weighted by Gasteiger charge is 2.36. The molecule has 0 fully saturated rings. The molecule has 0 aromatic rings. The molecule has 6 heteroatoms. The average Bonchev–Trinajstić information content (AvgIpc) is 2.36. The van der Waals surface area contributed by atoms with Gasteiger partial charge in [0, 0.05) is 18.5 Å². The molecule has 100 valence electrons. The minimum atomic E-state index is -0.786. The molecule has 0 unspecified atom stereocenters. The fourth-order valence-corrected chi connectivity index (χ4v) is 1.93. The van der Waals surface area contributed by atoms with Gasteiger partial charge in [-0.3, -0.25) is 0 Å². The van der Waals surface area contributed by atoms with Crippen LogP contribution in [0.15, 0.2) is 22.5 Å². The lowest BCUT2D eigenvalue weighted by Gasteiger charge is -2.28. The lowest BCUT2D eigenvalue weighted by Crippen LogP contribution is -2.37. The van der Waals surface area contributed by atoms with Crippen LogP contribution in [0.4, 0.5) is 0 Å². The van der Waals surface area contributed by atoms with Crippen LogP contribution in [0.5, 0.6) is 0 Å². The summed E-state index contributed by atoms with van der Waals surface area (Å²) in [4.78, 5) is 23.5. The molecule has 1 heterocycles. The topological polar surface area (TPSA) is 73.9 Å². The highest BCUT2D eigenvalue weighted by Crippen LogP contribution is 2.27. The number of ether oxygens (including phenoxy) is 3. The summed E-state index contributed by atoms with van der Waals surface area (Å²) < 4.78 is 14.6. The van der Waals surface area contributed by atoms with Gasteiger partial charge in [0.2, 0.25) is 0 Å². The molecule has 0 radical (unpaired) electrons. The Balaban J connectivity index is 3.27. The molecule has 1 rings (SSSR count). The van der Waals surface area contributed by atoms with Crippen LogP contribution in [0.1, 0.15) is 13.8 Å². The minimum absolute atomic E-state index is 0.269. The zero-order valence-electron chi connectivity index (χ0n) is 11.1. The van der Waals surface area contributed by atoms with Crippen LogP contribution in [-0.4, -0.2) is 39.4 Å². The third-order valence-corrected chi connectivity index (χ3v) is 2.75. The van der Waals surface area contributed by atoms with Crippen molar-refractivity contribution in [2.24, 2.45) is 0 Å². The fourth-order valence-electron chi connectivity index (χ4n) is 1.93. The molecular formula is C12H17NO5. The molecule has 0 saturated heterocycles. The number of dihydropyridines is 1. The Labute approximate surface area is 106 Å². The van der Waals surface area contributed by atoms with Crippen molar-refractivity contribution in [2.75, 3.05) is 21.3 Å². The maximum absolute atomic E-state index is 11.7. The second-order valence-electron chi connectivity index (χ2n) is 3.80. The molecule has 6 nitrogen and oxygen atoms in total. The monoisotopic (exact) mass is 255 g/mol. The first-order valence-electron chi connectivity index (χ1n) is 5.35. The van der Waals surface area contributed by atoms with Crippen molar-refractivity contribution in [3.8, 4) is 0 Å². The minimum Gasteiger partial charge on any atom is -0.466 e. The van der Waals surface area contributed by atoms with E-state index < -0.39 is 18.0 Å². The van der Waals surface area contributed by atoms with Gasteiger partial charge in [0.1, 0.15) is 6.10 Å². The fraction of sp³-hybridized carbons (Fsp3) is 0.500. The predicted octanol–water partition coefficient (Wildman–Crippen LogP) is 0.499. The summed E-state index contributed by atoms with van der Waals surface area (Å²) in [6.07, 6.45) is -0.786. The quantitative estimate of drug-likeness (QED) is 0.740. The van der Waals surface area contributed by atoms with E-state index in [2.05, 4.69) is 5.32 Å². The van der Waals surface area contributed by atoms with Crippen LogP contribution in [-0.2, 0) is 23.8 Å². The smallest absolute Gasteiger partial charge is 0.338 e. The number of allylic oxidation sites excluding steroid dienone is 2. The summed E-state index contributed by atoms with van der Waals surface area (Å²) in [7, 11) is 3.97. The number of methoxy groups -OCH3 is 3. The van der Waals surface area contributed by atoms with Crippen molar-refractivity contribution >= 4 is 11.9 Å². The van der Waals surface area contributed by atoms with Gasteiger partial charge in [-0.25, -0.2) is 9.59 Å². The Kier molecular flexibility index (Phi) is 4.49. The Morgan fingerprint density at radius 3 is 1.61 bits per heavy atom. The van der Waals surface area contributed by atoms with Crippen molar-refractivity contribution in [1.82, 2.24) is 5.32 Å². The van der Waals surface area contributed by atoms with Crippen molar-refractivity contribution < 1.29 is 23.8 Å². The molecule has 18 heavy (non-hydrogen) atoms. The van der Waals surface area contributed by atoms with Gasteiger partial charge in [-0.1, -0.05) is 0 Å². The summed E-state index contributed by atoms with van der Waals surface area (Å²) in [6.45, 7) is 3.44. The zero-order chi connectivity index (χ0) is 13.9. The van der Waals surface area contributed by atoms with Crippen molar-refractivity contribution in [3.05, 3.63) is 22.5 Å². The first-order chi connectivity index (χ1) is 8.47. The number of hydrogen-bond donors (Lipinski definition) is 1. The molecular weight excluding hydrogens is 238 g/mol. The maximum Gasteiger partial charge on any atom is 0.338 e. The van der Waals surface area contributed by atoms with E-state index in [1.54, 1.807) is 13.8 Å². The van der Waals surface area contributed by atoms with Crippen molar-refractivity contribution in [2.45, 2.75) is 20.0 Å². The van der Waals surface area contributed by atoms with Crippen LogP contribution in [0.3, 0.4) is 0 Å². The molecule has 0 atom stereocenters. The van der Waals surface area contributed by atoms with Crippen LogP contribution >= 0.6 is 0 Å². The van der Waals surface area contributed by atoms with E-state index in [9.17, 15) is 9.59 Å². The summed E-state index contributed by atoms with van der Waals surface area (Å²) in [6, 6.07) is 0. The van der Waals surface area contributed by atoms with E-state index in [0.29, 0.717) is 11.4 Å². The lowest BCUT2D eigenvalue weighted by molar-refractivity contribution is -0.139. The second-order valence-corrected chi connectivity index (χ2v) is 3.80. The Morgan fingerprint density at radius 2 is 1.33 bits per heavy atom. The third-order valence-electron chi connectivity index (χ3n) is 2.75. The van der Waals surface area contributed by atoms with Crippen LogP contribution in [0.25, 0.3) is 0 Å². The number of esters is 2. The summed E-state index contributed by atoms with van der Waals surface area (Å²) >= 11 is 0. The molecule has 1 aliphatic rings. The molecule has 1 N–H and O–H groups in total. The van der Waals surface area contributed by atoms with Gasteiger partial charge < -0.3 is 19.5 Å². The zero-order valence-corrected chi connectivity index (χ0v) is 11.1. The van der Waals surface area contributed by atoms with Crippen LogP contribution in [0, 0.1) is 0 Å². The van der Waals surface area contributed by atoms with Crippen LogP contribution in [0.2, 0.25) is 0 Å². The number of nitrogens with one attached hydrogen (secondary N) is 1. The molecule has 0 saturated carbocycles. The SMILES string of the molecule is COC(=O)C1=C(C)NC(C)=C(C(=O)OC)C1OC. The Hall–Kier alpha value is -1.82. The summed E-state index contributed by atoms with van der Waals surface area (Å²) in [5.41, 5.74) is 1.73. The van der Waals surface area contributed by atoms with Gasteiger partial charge in [0.25, 0.3) is 0 Å². The van der Waals surface area contributed by atoms with Gasteiger partial charge in [-0.15, -0.1) is 0 Å². The lowest BCUT2D eigenvalue weighted by atomic mass is 9.94. The third kappa shape index (κ3) is 2.38. The molecule has 0 bridgehead atoms. The van der Waals surface area contributed by atoms with Gasteiger partial charge in [-0.2, -0.15) is 0 Å². The van der Waals surface area contributed by atoms with E-state index in [0.717, 1.165) is 0 Å². The van der Waals surface area contributed by atoms with E-state index in [1.807, 2.05) is 0 Å². The first-order valence-corrected chi connectivity index (χ1v) is 5.35. The summed E-state index contributed by atoms with van der Waals surface area (Å²) in [5.74, 6) is -1.08. The van der Waals surface area contributed by atoms with E-state index >= 15 is 0 Å². The average molecular weight is 255 g/mol. The van der Waals surface area contributed by atoms with E-state index in [-0.39, 0.29) is 11.1 Å². The van der Waals surface area contributed by atoms with Crippen molar-refractivity contribution in [1.29, 1.82) is 0 Å². The van der Waals surface area contributed by atoms with E-state index in [4.69, 9.17) is 14.2 Å². The number of hydrogen-bond acceptors (Lipinski definition) is 6. The van der Waals surface area contributed by atoms with E-state index in [1.165, 1.54) is 21.3 Å². The first kappa shape index (κ1) is 14.2. The van der Waals surface area contributed by atoms with Gasteiger partial charge in [-0.05, 0) is 13.8 Å². The normalized spacial score (nSPS) is 16.5. The summed E-state index contributed by atoms with van der Waals surface area (Å²) in [5, 5.41) is 2.95. The standard InChI is InChI=1S/C12H17NO5/c1-6-8(11(14)17-4)10(16-3)9(7(2)13-6)12(15)18-5/h10,13H,1-5H3. The number of rotatable bonds is 3. The molecule has 0 aliphatic carbocycles. The largest absolute Gasteiger partial charge is 0.466 e. The molecule has 0 aromatic carbocycles. The number of carbonyl (C=O) groups is 2. The molecule has 0 amide bonds. The molecule has 0 aromatic heterocycles. The van der Waals surface area contributed by atoms with Gasteiger partial charge in [0.05, 0.1) is 25.4 Å². The highest BCUT2D eigenvalue weighted by atomic mass is 16.5. The Bertz CT molecular complexity index is 398. The maximum atomic E-state index is 11.7. The van der Waals surface area contributed by atoms with Gasteiger partial charge in [0.15, 0.2) is 0 Å². The predicted molar refractivity (Wildman–Crippen MR) is 63.4 cm³/mol. The molecule has 0 spiro atoms. The number of carbonyl (C=O) groups excluding carboxylic acids is 2. The van der Waals surface area contributed by atoms with Crippen LogP contribution < -0.4 is 5.32 Å².